The number of hydrogen-bond acceptors (Lipinski definition) is 3. The Hall–Kier alpha value is -1.75. The number of aromatic nitrogens is 2. The number of rotatable bonds is 5. The number of hydrogen-bond donors (Lipinski definition) is 0. The molecule has 0 saturated carbocycles. The van der Waals surface area contributed by atoms with E-state index in [9.17, 15) is 4.79 Å². The minimum Gasteiger partial charge on any atom is -0.312 e. The number of amides is 1. The first-order chi connectivity index (χ1) is 10.2. The first kappa shape index (κ1) is 14.2. The zero-order chi connectivity index (χ0) is 14.7. The Kier molecular flexibility index (Phi) is 4.29. The van der Waals surface area contributed by atoms with E-state index in [1.807, 2.05) is 42.5 Å². The van der Waals surface area contributed by atoms with Crippen LogP contribution in [0, 0.1) is 0 Å². The normalized spacial score (nSPS) is 13.5. The number of nitrogens with zero attached hydrogens (tertiary/aromatic N) is 3. The van der Waals surface area contributed by atoms with Crippen molar-refractivity contribution in [3.63, 3.8) is 0 Å². The van der Waals surface area contributed by atoms with Gasteiger partial charge in [0, 0.05) is 36.8 Å². The lowest BCUT2D eigenvalue weighted by Crippen LogP contribution is -2.28. The molecule has 0 N–H and O–H groups in total. The number of carbonyl (C=O) groups is 1. The van der Waals surface area contributed by atoms with Crippen LogP contribution in [0.5, 0.6) is 0 Å². The number of thioether (sulfide) groups is 1. The number of para-hydroxylation sites is 1. The maximum Gasteiger partial charge on any atom is 0.227 e. The van der Waals surface area contributed by atoms with Gasteiger partial charge in [0.05, 0.1) is 6.20 Å². The lowest BCUT2D eigenvalue weighted by Gasteiger charge is -2.17. The Balaban J connectivity index is 1.47. The second-order valence-electron chi connectivity index (χ2n) is 5.23. The fourth-order valence-electron chi connectivity index (χ4n) is 2.62. The van der Waals surface area contributed by atoms with Crippen LogP contribution in [0.25, 0.3) is 0 Å². The molecule has 1 aliphatic heterocycles. The van der Waals surface area contributed by atoms with Gasteiger partial charge in [-0.2, -0.15) is 5.10 Å². The van der Waals surface area contributed by atoms with Crippen molar-refractivity contribution in [1.82, 2.24) is 9.78 Å². The molecule has 0 unspecified atom stereocenters. The van der Waals surface area contributed by atoms with Crippen LogP contribution in [0.2, 0.25) is 0 Å². The van der Waals surface area contributed by atoms with Gasteiger partial charge in [-0.1, -0.05) is 18.2 Å². The van der Waals surface area contributed by atoms with Gasteiger partial charge in [0.1, 0.15) is 0 Å². The molecular formula is C16H19N3OS. The minimum absolute atomic E-state index is 0.242. The molecule has 5 heteroatoms. The van der Waals surface area contributed by atoms with Gasteiger partial charge in [0.2, 0.25) is 5.91 Å². The van der Waals surface area contributed by atoms with Crippen LogP contribution in [0.15, 0.2) is 41.6 Å². The Labute approximate surface area is 129 Å². The summed E-state index contributed by atoms with van der Waals surface area (Å²) >= 11 is 1.76. The van der Waals surface area contributed by atoms with Crippen LogP contribution in [0.4, 0.5) is 5.69 Å². The third-order valence-corrected chi connectivity index (χ3v) is 4.71. The average Bonchev–Trinajstić information content (AvgIpc) is 3.09. The quantitative estimate of drug-likeness (QED) is 0.629. The van der Waals surface area contributed by atoms with Crippen molar-refractivity contribution >= 4 is 23.4 Å². The zero-order valence-electron chi connectivity index (χ0n) is 12.2. The molecule has 1 aromatic carbocycles. The largest absolute Gasteiger partial charge is 0.312 e. The molecule has 1 aliphatic rings. The lowest BCUT2D eigenvalue weighted by atomic mass is 10.2. The summed E-state index contributed by atoms with van der Waals surface area (Å²) in [7, 11) is 1.92. The van der Waals surface area contributed by atoms with Gasteiger partial charge in [-0.15, -0.1) is 11.8 Å². The van der Waals surface area contributed by atoms with E-state index in [1.54, 1.807) is 16.4 Å². The van der Waals surface area contributed by atoms with Gasteiger partial charge in [0.15, 0.2) is 0 Å². The predicted molar refractivity (Wildman–Crippen MR) is 85.7 cm³/mol. The number of carbonyl (C=O) groups excluding carboxylic acids is 1. The molecule has 0 fully saturated rings. The summed E-state index contributed by atoms with van der Waals surface area (Å²) in [6, 6.07) is 8.20. The zero-order valence-corrected chi connectivity index (χ0v) is 13.0. The Morgan fingerprint density at radius 3 is 3.05 bits per heavy atom. The molecule has 0 bridgehead atoms. The number of aryl methyl sites for hydroxylation is 1. The average molecular weight is 301 g/mol. The summed E-state index contributed by atoms with van der Waals surface area (Å²) in [5.41, 5.74) is 2.39. The van der Waals surface area contributed by atoms with Crippen molar-refractivity contribution in [1.29, 1.82) is 0 Å². The van der Waals surface area contributed by atoms with Crippen LogP contribution in [0.3, 0.4) is 0 Å². The first-order valence-corrected chi connectivity index (χ1v) is 8.22. The number of benzene rings is 1. The van der Waals surface area contributed by atoms with Crippen LogP contribution >= 0.6 is 11.8 Å². The summed E-state index contributed by atoms with van der Waals surface area (Å²) in [6.45, 7) is 0.827. The van der Waals surface area contributed by atoms with Crippen molar-refractivity contribution < 1.29 is 4.79 Å². The van der Waals surface area contributed by atoms with E-state index in [4.69, 9.17) is 0 Å². The molecule has 1 aromatic heterocycles. The molecule has 21 heavy (non-hydrogen) atoms. The smallest absolute Gasteiger partial charge is 0.227 e. The fourth-order valence-corrected chi connectivity index (χ4v) is 3.49. The summed E-state index contributed by atoms with van der Waals surface area (Å²) < 4.78 is 1.80. The van der Waals surface area contributed by atoms with E-state index in [0.29, 0.717) is 6.42 Å². The highest BCUT2D eigenvalue weighted by atomic mass is 32.2. The van der Waals surface area contributed by atoms with Crippen LogP contribution < -0.4 is 4.90 Å². The maximum atomic E-state index is 12.3. The Bertz CT molecular complexity index is 638. The van der Waals surface area contributed by atoms with Crippen LogP contribution in [0.1, 0.15) is 18.4 Å². The van der Waals surface area contributed by atoms with Crippen molar-refractivity contribution in [3.8, 4) is 0 Å². The van der Waals surface area contributed by atoms with Crippen molar-refractivity contribution in [2.45, 2.75) is 24.2 Å². The maximum absolute atomic E-state index is 12.3. The lowest BCUT2D eigenvalue weighted by molar-refractivity contribution is -0.118. The second kappa shape index (κ2) is 6.35. The molecule has 0 spiro atoms. The fraction of sp³-hybridized carbons (Fsp3) is 0.375. The third-order valence-electron chi connectivity index (χ3n) is 3.67. The van der Waals surface area contributed by atoms with E-state index in [2.05, 4.69) is 11.2 Å². The molecule has 0 radical (unpaired) electrons. The highest BCUT2D eigenvalue weighted by Crippen LogP contribution is 2.28. The predicted octanol–water partition coefficient (Wildman–Crippen LogP) is 2.88. The molecule has 2 heterocycles. The van der Waals surface area contributed by atoms with E-state index >= 15 is 0 Å². The van der Waals surface area contributed by atoms with Gasteiger partial charge >= 0.3 is 0 Å². The van der Waals surface area contributed by atoms with E-state index in [1.165, 1.54) is 5.56 Å². The summed E-state index contributed by atoms with van der Waals surface area (Å²) in [5.74, 6) is 1.19. The Morgan fingerprint density at radius 1 is 1.38 bits per heavy atom. The Morgan fingerprint density at radius 2 is 2.24 bits per heavy atom. The SMILES string of the molecule is Cn1cc(SCCCC(=O)N2CCc3ccccc32)cn1. The van der Waals surface area contributed by atoms with E-state index in [-0.39, 0.29) is 5.91 Å². The van der Waals surface area contributed by atoms with E-state index < -0.39 is 0 Å². The van der Waals surface area contributed by atoms with Gasteiger partial charge in [-0.05, 0) is 30.2 Å². The topological polar surface area (TPSA) is 38.1 Å². The third kappa shape index (κ3) is 3.29. The number of fused-ring (bicyclic) bond motifs is 1. The molecule has 0 saturated heterocycles. The summed E-state index contributed by atoms with van der Waals surface area (Å²) in [5, 5.41) is 4.14. The molecule has 4 nitrogen and oxygen atoms in total. The van der Waals surface area contributed by atoms with Crippen LogP contribution in [-0.4, -0.2) is 28.0 Å². The molecule has 3 rings (SSSR count). The number of anilines is 1. The van der Waals surface area contributed by atoms with Gasteiger partial charge in [-0.25, -0.2) is 0 Å². The highest BCUT2D eigenvalue weighted by molar-refractivity contribution is 7.99. The van der Waals surface area contributed by atoms with Gasteiger partial charge < -0.3 is 4.90 Å². The molecule has 2 aromatic rings. The molecular weight excluding hydrogens is 282 g/mol. The summed E-state index contributed by atoms with van der Waals surface area (Å²) in [4.78, 5) is 15.4. The standard InChI is InChI=1S/C16H19N3OS/c1-18-12-14(11-17-18)21-10-4-7-16(20)19-9-8-13-5-2-3-6-15(13)19/h2-3,5-6,11-12H,4,7-10H2,1H3. The van der Waals surface area contributed by atoms with E-state index in [0.717, 1.165) is 35.7 Å². The molecule has 110 valence electrons. The first-order valence-electron chi connectivity index (χ1n) is 7.24. The molecule has 0 atom stereocenters. The molecule has 0 aliphatic carbocycles. The minimum atomic E-state index is 0.242. The van der Waals surface area contributed by atoms with Gasteiger partial charge in [-0.3, -0.25) is 9.48 Å². The van der Waals surface area contributed by atoms with Gasteiger partial charge in [0.25, 0.3) is 0 Å². The van der Waals surface area contributed by atoms with Crippen molar-refractivity contribution in [2.24, 2.45) is 7.05 Å². The monoisotopic (exact) mass is 301 g/mol. The van der Waals surface area contributed by atoms with Crippen molar-refractivity contribution in [3.05, 3.63) is 42.2 Å². The molecule has 1 amide bonds. The summed E-state index contributed by atoms with van der Waals surface area (Å²) in [6.07, 6.45) is 6.36. The van der Waals surface area contributed by atoms with Crippen molar-refractivity contribution in [2.75, 3.05) is 17.2 Å². The highest BCUT2D eigenvalue weighted by Gasteiger charge is 2.23. The second-order valence-corrected chi connectivity index (χ2v) is 6.39. The van der Waals surface area contributed by atoms with Crippen LogP contribution in [-0.2, 0) is 18.3 Å².